The highest BCUT2D eigenvalue weighted by Gasteiger charge is 2.27. The summed E-state index contributed by atoms with van der Waals surface area (Å²) in [7, 11) is -3.56. The summed E-state index contributed by atoms with van der Waals surface area (Å²) in [5.41, 5.74) is -2.27. The minimum absolute atomic E-state index is 0.0183. The van der Waals surface area contributed by atoms with Gasteiger partial charge in [-0.05, 0) is 17.7 Å². The van der Waals surface area contributed by atoms with Crippen molar-refractivity contribution >= 4 is 27.5 Å². The lowest BCUT2D eigenvalue weighted by Gasteiger charge is -2.09. The lowest BCUT2D eigenvalue weighted by molar-refractivity contribution is -0.385. The second-order valence-electron chi connectivity index (χ2n) is 5.08. The summed E-state index contributed by atoms with van der Waals surface area (Å²) in [6.07, 6.45) is 0.806. The van der Waals surface area contributed by atoms with E-state index in [1.165, 1.54) is 24.0 Å². The molecule has 0 spiro atoms. The number of hydrogen-bond donors (Lipinski definition) is 1. The first-order valence-corrected chi connectivity index (χ1v) is 8.58. The van der Waals surface area contributed by atoms with Gasteiger partial charge >= 0.3 is 5.69 Å². The van der Waals surface area contributed by atoms with E-state index >= 15 is 0 Å². The third-order valence-electron chi connectivity index (χ3n) is 3.29. The predicted molar refractivity (Wildman–Crippen MR) is 87.5 cm³/mol. The second kappa shape index (κ2) is 7.80. The Kier molecular flexibility index (Phi) is 5.87. The average Bonchev–Trinajstić information content (AvgIpc) is 2.66. The lowest BCUT2D eigenvalue weighted by Crippen LogP contribution is -2.15. The fourth-order valence-corrected chi connectivity index (χ4v) is 2.86. The second-order valence-corrected chi connectivity index (χ2v) is 6.65. The topological polar surface area (TPSA) is 98.5 Å². The van der Waals surface area contributed by atoms with Crippen molar-refractivity contribution in [1.82, 2.24) is 0 Å². The summed E-state index contributed by atoms with van der Waals surface area (Å²) in [5, 5.41) is 11.3. The van der Waals surface area contributed by atoms with Crippen LogP contribution in [0.5, 0.6) is 5.75 Å². The van der Waals surface area contributed by atoms with Crippen LogP contribution in [0, 0.1) is 39.2 Å². The zero-order chi connectivity index (χ0) is 21.2. The van der Waals surface area contributed by atoms with E-state index in [-0.39, 0.29) is 11.3 Å². The molecule has 0 radical (unpaired) electrons. The predicted octanol–water partition coefficient (Wildman–Crippen LogP) is 3.71. The zero-order valence-electron chi connectivity index (χ0n) is 13.7. The van der Waals surface area contributed by atoms with Crippen LogP contribution in [0.4, 0.5) is 33.3 Å². The summed E-state index contributed by atoms with van der Waals surface area (Å²) < 4.78 is 96.1. The minimum atomic E-state index is -4.74. The van der Waals surface area contributed by atoms with E-state index in [1.54, 1.807) is 0 Å². The SMILES string of the molecule is COc1ccc(/C=C/S(=O)(=O)Nc2c(F)c(F)c(F)c(F)c2F)cc1[N+](=O)[O-]. The summed E-state index contributed by atoms with van der Waals surface area (Å²) in [6.45, 7) is 0. The normalized spacial score (nSPS) is 11.6. The monoisotopic (exact) mass is 424 g/mol. The van der Waals surface area contributed by atoms with E-state index < -0.39 is 55.4 Å². The standard InChI is InChI=1S/C15H9F5N2O5S/c1-27-9-3-2-7(6-8(9)22(23)24)4-5-28(25,26)21-15-13(19)11(17)10(16)12(18)14(15)20/h2-6,21H,1H3/b5-4+. The minimum Gasteiger partial charge on any atom is -0.490 e. The number of nitrogens with zero attached hydrogens (tertiary/aromatic N) is 1. The average molecular weight is 424 g/mol. The Bertz CT molecular complexity index is 1060. The van der Waals surface area contributed by atoms with Crippen LogP contribution < -0.4 is 9.46 Å². The van der Waals surface area contributed by atoms with Gasteiger partial charge in [0.25, 0.3) is 10.0 Å². The molecular weight excluding hydrogens is 415 g/mol. The first kappa shape index (κ1) is 21.1. The molecule has 7 nitrogen and oxygen atoms in total. The summed E-state index contributed by atoms with van der Waals surface area (Å²) in [4.78, 5) is 10.1. The van der Waals surface area contributed by atoms with Crippen LogP contribution in [0.2, 0.25) is 0 Å². The van der Waals surface area contributed by atoms with Gasteiger partial charge in [-0.25, -0.2) is 30.4 Å². The molecule has 0 bridgehead atoms. The smallest absolute Gasteiger partial charge is 0.311 e. The van der Waals surface area contributed by atoms with E-state index in [4.69, 9.17) is 4.74 Å². The van der Waals surface area contributed by atoms with Gasteiger partial charge in [0.2, 0.25) is 5.82 Å². The molecule has 0 aliphatic heterocycles. The first-order chi connectivity index (χ1) is 13.0. The van der Waals surface area contributed by atoms with Crippen molar-refractivity contribution in [1.29, 1.82) is 0 Å². The number of nitrogens with one attached hydrogen (secondary N) is 1. The Labute approximate surface area is 154 Å². The van der Waals surface area contributed by atoms with Gasteiger partial charge in [0.05, 0.1) is 17.4 Å². The third kappa shape index (κ3) is 4.19. The molecule has 2 aromatic rings. The molecule has 0 aromatic heterocycles. The van der Waals surface area contributed by atoms with Crippen LogP contribution in [0.1, 0.15) is 5.56 Å². The molecule has 0 aliphatic rings. The zero-order valence-corrected chi connectivity index (χ0v) is 14.5. The van der Waals surface area contributed by atoms with Crippen molar-refractivity contribution in [3.63, 3.8) is 0 Å². The number of methoxy groups -OCH3 is 1. The summed E-state index contributed by atoms with van der Waals surface area (Å²) in [6, 6.07) is 3.35. The number of nitro groups is 1. The summed E-state index contributed by atoms with van der Waals surface area (Å²) >= 11 is 0. The van der Waals surface area contributed by atoms with Crippen LogP contribution in [-0.4, -0.2) is 20.5 Å². The van der Waals surface area contributed by atoms with Gasteiger partial charge in [0.1, 0.15) is 5.69 Å². The van der Waals surface area contributed by atoms with Crippen LogP contribution in [-0.2, 0) is 10.0 Å². The molecule has 0 heterocycles. The molecule has 1 N–H and O–H groups in total. The van der Waals surface area contributed by atoms with Gasteiger partial charge in [-0.15, -0.1) is 0 Å². The van der Waals surface area contributed by atoms with E-state index in [2.05, 4.69) is 0 Å². The van der Waals surface area contributed by atoms with Crippen molar-refractivity contribution in [2.45, 2.75) is 0 Å². The molecular formula is C15H9F5N2O5S. The number of rotatable bonds is 6. The van der Waals surface area contributed by atoms with Crippen molar-refractivity contribution < 1.29 is 40.0 Å². The molecule has 150 valence electrons. The molecule has 0 aliphatic carbocycles. The summed E-state index contributed by atoms with van der Waals surface area (Å²) in [5.74, 6) is -11.9. The highest BCUT2D eigenvalue weighted by molar-refractivity contribution is 7.95. The fraction of sp³-hybridized carbons (Fsp3) is 0.0667. The lowest BCUT2D eigenvalue weighted by atomic mass is 10.2. The third-order valence-corrected chi connectivity index (χ3v) is 4.28. The molecule has 28 heavy (non-hydrogen) atoms. The van der Waals surface area contributed by atoms with E-state index in [9.17, 15) is 40.5 Å². The first-order valence-electron chi connectivity index (χ1n) is 7.03. The van der Waals surface area contributed by atoms with Gasteiger partial charge in [-0.2, -0.15) is 0 Å². The van der Waals surface area contributed by atoms with Crippen LogP contribution in [0.3, 0.4) is 0 Å². The Hall–Kier alpha value is -3.22. The Morgan fingerprint density at radius 1 is 1.04 bits per heavy atom. The molecule has 0 saturated carbocycles. The van der Waals surface area contributed by atoms with Gasteiger partial charge in [-0.3, -0.25) is 14.8 Å². The quantitative estimate of drug-likeness (QED) is 0.251. The fourth-order valence-electron chi connectivity index (χ4n) is 1.99. The van der Waals surface area contributed by atoms with E-state index in [1.807, 2.05) is 0 Å². The number of benzene rings is 2. The van der Waals surface area contributed by atoms with Gasteiger partial charge in [0, 0.05) is 6.07 Å². The van der Waals surface area contributed by atoms with Crippen molar-refractivity contribution in [2.75, 3.05) is 11.8 Å². The highest BCUT2D eigenvalue weighted by Crippen LogP contribution is 2.29. The van der Waals surface area contributed by atoms with Crippen LogP contribution in [0.15, 0.2) is 23.6 Å². The molecule has 0 amide bonds. The van der Waals surface area contributed by atoms with E-state index in [0.29, 0.717) is 5.41 Å². The Morgan fingerprint density at radius 2 is 1.57 bits per heavy atom. The number of halogens is 5. The van der Waals surface area contributed by atoms with Crippen LogP contribution in [0.25, 0.3) is 6.08 Å². The highest BCUT2D eigenvalue weighted by atomic mass is 32.2. The van der Waals surface area contributed by atoms with Gasteiger partial charge in [0.15, 0.2) is 29.0 Å². The molecule has 13 heteroatoms. The molecule has 0 fully saturated rings. The number of sulfonamides is 1. The largest absolute Gasteiger partial charge is 0.490 e. The van der Waals surface area contributed by atoms with Gasteiger partial charge in [-0.1, -0.05) is 6.07 Å². The number of ether oxygens (including phenoxy) is 1. The number of nitro benzene ring substituents is 1. The number of anilines is 1. The molecule has 0 unspecified atom stereocenters. The molecule has 0 atom stereocenters. The van der Waals surface area contributed by atoms with Gasteiger partial charge < -0.3 is 4.74 Å². The maximum atomic E-state index is 13.6. The molecule has 2 rings (SSSR count). The Morgan fingerprint density at radius 3 is 2.07 bits per heavy atom. The molecule has 0 saturated heterocycles. The van der Waals surface area contributed by atoms with Crippen LogP contribution >= 0.6 is 0 Å². The maximum absolute atomic E-state index is 13.6. The molecule has 2 aromatic carbocycles. The Balaban J connectivity index is 2.38. The number of hydrogen-bond acceptors (Lipinski definition) is 5. The maximum Gasteiger partial charge on any atom is 0.311 e. The van der Waals surface area contributed by atoms with Crippen molar-refractivity contribution in [2.24, 2.45) is 0 Å². The van der Waals surface area contributed by atoms with Crippen molar-refractivity contribution in [3.05, 3.63) is 68.4 Å². The van der Waals surface area contributed by atoms with Crippen molar-refractivity contribution in [3.8, 4) is 5.75 Å². The van der Waals surface area contributed by atoms with E-state index in [0.717, 1.165) is 12.1 Å².